The van der Waals surface area contributed by atoms with E-state index in [1.807, 2.05) is 18.2 Å². The monoisotopic (exact) mass is 492 g/mol. The van der Waals surface area contributed by atoms with Crippen LogP contribution in [0.4, 0.5) is 16.2 Å². The number of benzene rings is 2. The molecule has 0 radical (unpaired) electrons. The fourth-order valence-electron chi connectivity index (χ4n) is 3.83. The van der Waals surface area contributed by atoms with Crippen molar-refractivity contribution >= 4 is 44.9 Å². The number of carbonyl (C=O) groups is 2. The number of amides is 3. The molecule has 3 amide bonds. The Bertz CT molecular complexity index is 1090. The molecule has 1 saturated heterocycles. The molecule has 0 spiro atoms. The van der Waals surface area contributed by atoms with Gasteiger partial charge >= 0.3 is 6.03 Å². The van der Waals surface area contributed by atoms with E-state index in [4.69, 9.17) is 11.6 Å². The third-order valence-corrected chi connectivity index (χ3v) is 8.16. The molecule has 0 aromatic heterocycles. The van der Waals surface area contributed by atoms with Crippen LogP contribution in [0.3, 0.4) is 0 Å². The van der Waals surface area contributed by atoms with E-state index in [1.54, 1.807) is 36.9 Å². The molecule has 1 atom stereocenters. The van der Waals surface area contributed by atoms with Crippen molar-refractivity contribution in [2.75, 3.05) is 36.8 Å². The van der Waals surface area contributed by atoms with E-state index in [2.05, 4.69) is 10.6 Å². The zero-order valence-corrected chi connectivity index (χ0v) is 20.3. The molecule has 2 aromatic carbocycles. The van der Waals surface area contributed by atoms with Gasteiger partial charge < -0.3 is 15.5 Å². The average molecular weight is 493 g/mol. The van der Waals surface area contributed by atoms with Crippen molar-refractivity contribution in [2.45, 2.75) is 31.6 Å². The number of nitrogens with one attached hydrogen (secondary N) is 2. The molecule has 8 nitrogen and oxygen atoms in total. The lowest BCUT2D eigenvalue weighted by atomic mass is 9.97. The Balaban J connectivity index is 1.69. The molecule has 33 heavy (non-hydrogen) atoms. The van der Waals surface area contributed by atoms with Gasteiger partial charge in [0.25, 0.3) is 0 Å². The first-order chi connectivity index (χ1) is 15.8. The van der Waals surface area contributed by atoms with Gasteiger partial charge in [-0.3, -0.25) is 4.79 Å². The van der Waals surface area contributed by atoms with Gasteiger partial charge in [-0.2, -0.15) is 4.31 Å². The highest BCUT2D eigenvalue weighted by Gasteiger charge is 2.29. The van der Waals surface area contributed by atoms with Crippen LogP contribution in [0.5, 0.6) is 0 Å². The number of hydrogen-bond donors (Lipinski definition) is 2. The quantitative estimate of drug-likeness (QED) is 0.603. The second-order valence-electron chi connectivity index (χ2n) is 7.81. The molecule has 178 valence electrons. The molecule has 1 aliphatic heterocycles. The third kappa shape index (κ3) is 6.04. The van der Waals surface area contributed by atoms with Crippen LogP contribution >= 0.6 is 11.6 Å². The first kappa shape index (κ1) is 25.0. The van der Waals surface area contributed by atoms with Gasteiger partial charge in [-0.25, -0.2) is 13.2 Å². The van der Waals surface area contributed by atoms with Gasteiger partial charge in [0.15, 0.2) is 0 Å². The number of anilines is 2. The van der Waals surface area contributed by atoms with Crippen molar-refractivity contribution < 1.29 is 18.0 Å². The molecule has 10 heteroatoms. The summed E-state index contributed by atoms with van der Waals surface area (Å²) in [5.41, 5.74) is 1.04. The summed E-state index contributed by atoms with van der Waals surface area (Å²) in [5, 5.41) is 5.74. The summed E-state index contributed by atoms with van der Waals surface area (Å²) >= 11 is 6.17. The highest BCUT2D eigenvalue weighted by molar-refractivity contribution is 7.89. The smallest absolute Gasteiger partial charge is 0.321 e. The van der Waals surface area contributed by atoms with Crippen molar-refractivity contribution in [1.82, 2.24) is 9.21 Å². The molecule has 1 aliphatic rings. The number of para-hydroxylation sites is 1. The molecular weight excluding hydrogens is 464 g/mol. The van der Waals surface area contributed by atoms with E-state index < -0.39 is 15.9 Å². The number of halogens is 1. The molecule has 1 fully saturated rings. The first-order valence-corrected chi connectivity index (χ1v) is 12.8. The van der Waals surface area contributed by atoms with Gasteiger partial charge in [-0.15, -0.1) is 0 Å². The molecule has 1 unspecified atom stereocenters. The molecule has 2 aromatic rings. The second-order valence-corrected chi connectivity index (χ2v) is 10.1. The standard InChI is InChI=1S/C23H29ClN4O4S/c1-3-28(4-2)33(31,32)21-15-19(12-13-20(21)24)25-22(29)17-9-8-14-27(16-17)23(30)26-18-10-6-5-7-11-18/h5-7,10-13,15,17H,3-4,8-9,14,16H2,1-2H3,(H,25,29)(H,26,30). The third-order valence-electron chi connectivity index (χ3n) is 5.63. The van der Waals surface area contributed by atoms with Gasteiger partial charge in [0.1, 0.15) is 4.90 Å². The highest BCUT2D eigenvalue weighted by atomic mass is 35.5. The lowest BCUT2D eigenvalue weighted by molar-refractivity contribution is -0.121. The Morgan fingerprint density at radius 1 is 1.06 bits per heavy atom. The van der Waals surface area contributed by atoms with E-state index in [0.717, 1.165) is 0 Å². The predicted molar refractivity (Wildman–Crippen MR) is 130 cm³/mol. The average Bonchev–Trinajstić information content (AvgIpc) is 2.81. The number of carbonyl (C=O) groups excluding carboxylic acids is 2. The molecule has 0 saturated carbocycles. The normalized spacial score (nSPS) is 16.5. The van der Waals surface area contributed by atoms with Crippen LogP contribution in [0.25, 0.3) is 0 Å². The topological polar surface area (TPSA) is 98.8 Å². The van der Waals surface area contributed by atoms with Crippen molar-refractivity contribution in [3.05, 3.63) is 53.6 Å². The van der Waals surface area contributed by atoms with Gasteiger partial charge in [-0.05, 0) is 43.2 Å². The molecule has 3 rings (SSSR count). The van der Waals surface area contributed by atoms with Crippen LogP contribution in [0.2, 0.25) is 5.02 Å². The maximum atomic E-state index is 12.9. The Kier molecular flexibility index (Phi) is 8.34. The lowest BCUT2D eigenvalue weighted by Crippen LogP contribution is -2.45. The number of rotatable bonds is 7. The summed E-state index contributed by atoms with van der Waals surface area (Å²) in [6.45, 7) is 4.98. The fourth-order valence-corrected chi connectivity index (χ4v) is 5.78. The zero-order chi connectivity index (χ0) is 24.0. The van der Waals surface area contributed by atoms with Gasteiger partial charge in [-0.1, -0.05) is 43.6 Å². The van der Waals surface area contributed by atoms with Crippen LogP contribution in [0.1, 0.15) is 26.7 Å². The summed E-state index contributed by atoms with van der Waals surface area (Å²) in [6.07, 6.45) is 1.33. The minimum atomic E-state index is -3.78. The Labute approximate surface area is 200 Å². The van der Waals surface area contributed by atoms with E-state index in [1.165, 1.54) is 16.4 Å². The van der Waals surface area contributed by atoms with E-state index in [-0.39, 0.29) is 28.4 Å². The second kappa shape index (κ2) is 11.0. The highest BCUT2D eigenvalue weighted by Crippen LogP contribution is 2.28. The van der Waals surface area contributed by atoms with Crippen molar-refractivity contribution in [3.8, 4) is 0 Å². The molecule has 2 N–H and O–H groups in total. The Hall–Kier alpha value is -2.62. The number of likely N-dealkylation sites (tertiary alicyclic amines) is 1. The summed E-state index contributed by atoms with van der Waals surface area (Å²) in [4.78, 5) is 27.1. The summed E-state index contributed by atoms with van der Waals surface area (Å²) < 4.78 is 27.1. The number of hydrogen-bond acceptors (Lipinski definition) is 4. The van der Waals surface area contributed by atoms with Gasteiger partial charge in [0.2, 0.25) is 15.9 Å². The van der Waals surface area contributed by atoms with E-state index in [9.17, 15) is 18.0 Å². The van der Waals surface area contributed by atoms with Crippen molar-refractivity contribution in [3.63, 3.8) is 0 Å². The van der Waals surface area contributed by atoms with E-state index >= 15 is 0 Å². The maximum Gasteiger partial charge on any atom is 0.321 e. The minimum absolute atomic E-state index is 0.0434. The number of urea groups is 1. The zero-order valence-electron chi connectivity index (χ0n) is 18.8. The summed E-state index contributed by atoms with van der Waals surface area (Å²) in [7, 11) is -3.78. The lowest BCUT2D eigenvalue weighted by Gasteiger charge is -2.32. The maximum absolute atomic E-state index is 12.9. The number of piperidine rings is 1. The fraction of sp³-hybridized carbons (Fsp3) is 0.391. The molecule has 0 aliphatic carbocycles. The number of nitrogens with zero attached hydrogens (tertiary/aromatic N) is 2. The Morgan fingerprint density at radius 3 is 2.42 bits per heavy atom. The Morgan fingerprint density at radius 2 is 1.76 bits per heavy atom. The molecule has 0 bridgehead atoms. The van der Waals surface area contributed by atoms with Crippen LogP contribution in [0.15, 0.2) is 53.4 Å². The summed E-state index contributed by atoms with van der Waals surface area (Å²) in [6, 6.07) is 13.3. The van der Waals surface area contributed by atoms with Gasteiger partial charge in [0, 0.05) is 37.6 Å². The summed E-state index contributed by atoms with van der Waals surface area (Å²) in [5.74, 6) is -0.667. The first-order valence-electron chi connectivity index (χ1n) is 11.0. The molecule has 1 heterocycles. The number of sulfonamides is 1. The van der Waals surface area contributed by atoms with Crippen LogP contribution < -0.4 is 10.6 Å². The van der Waals surface area contributed by atoms with Crippen molar-refractivity contribution in [2.24, 2.45) is 5.92 Å². The predicted octanol–water partition coefficient (Wildman–Crippen LogP) is 4.25. The SMILES string of the molecule is CCN(CC)S(=O)(=O)c1cc(NC(=O)C2CCCN(C(=O)Nc3ccccc3)C2)ccc1Cl. The minimum Gasteiger partial charge on any atom is -0.326 e. The van der Waals surface area contributed by atoms with Crippen LogP contribution in [-0.2, 0) is 14.8 Å². The van der Waals surface area contributed by atoms with Crippen molar-refractivity contribution in [1.29, 1.82) is 0 Å². The molecular formula is C23H29ClN4O4S. The van der Waals surface area contributed by atoms with Crippen LogP contribution in [-0.4, -0.2) is 55.7 Å². The van der Waals surface area contributed by atoms with Gasteiger partial charge in [0.05, 0.1) is 10.9 Å². The van der Waals surface area contributed by atoms with E-state index in [0.29, 0.717) is 43.9 Å². The largest absolute Gasteiger partial charge is 0.326 e. The van der Waals surface area contributed by atoms with Crippen LogP contribution in [0, 0.1) is 5.92 Å².